The van der Waals surface area contributed by atoms with Crippen LogP contribution in [0.1, 0.15) is 27.7 Å². The fourth-order valence-electron chi connectivity index (χ4n) is 1.39. The Balaban J connectivity index is 2.49. The van der Waals surface area contributed by atoms with Crippen molar-refractivity contribution in [2.75, 3.05) is 0 Å². The van der Waals surface area contributed by atoms with Crippen LogP contribution < -0.4 is 11.1 Å². The predicted molar refractivity (Wildman–Crippen MR) is 66.2 cm³/mol. The minimum atomic E-state index is -0.0533. The maximum Gasteiger partial charge on any atom is 0.189 e. The van der Waals surface area contributed by atoms with Crippen molar-refractivity contribution in [3.8, 4) is 0 Å². The van der Waals surface area contributed by atoms with Crippen molar-refractivity contribution in [1.29, 1.82) is 0 Å². The van der Waals surface area contributed by atoms with Crippen molar-refractivity contribution in [1.82, 2.24) is 14.9 Å². The molecule has 3 N–H and O–H groups in total. The molecule has 1 unspecified atom stereocenters. The quantitative estimate of drug-likeness (QED) is 0.593. The summed E-state index contributed by atoms with van der Waals surface area (Å²) in [5.41, 5.74) is 5.75. The Kier molecular flexibility index (Phi) is 3.93. The number of hydrogen-bond donors (Lipinski definition) is 2. The third-order valence-electron chi connectivity index (χ3n) is 1.90. The molecule has 5 nitrogen and oxygen atoms in total. The summed E-state index contributed by atoms with van der Waals surface area (Å²) >= 11 is 0. The van der Waals surface area contributed by atoms with E-state index in [2.05, 4.69) is 36.1 Å². The Hall–Kier alpha value is -1.52. The van der Waals surface area contributed by atoms with Crippen LogP contribution in [0.15, 0.2) is 23.7 Å². The monoisotopic (exact) mass is 223 g/mol. The minimum absolute atomic E-state index is 0.0533. The lowest BCUT2D eigenvalue weighted by Crippen LogP contribution is -2.45. The Morgan fingerprint density at radius 3 is 2.75 bits per heavy atom. The van der Waals surface area contributed by atoms with Gasteiger partial charge in [0.1, 0.15) is 0 Å². The van der Waals surface area contributed by atoms with Crippen LogP contribution in [0, 0.1) is 0 Å². The van der Waals surface area contributed by atoms with Gasteiger partial charge >= 0.3 is 0 Å². The molecule has 1 atom stereocenters. The van der Waals surface area contributed by atoms with E-state index in [4.69, 9.17) is 5.73 Å². The van der Waals surface area contributed by atoms with Gasteiger partial charge in [0.25, 0.3) is 0 Å². The van der Waals surface area contributed by atoms with Crippen molar-refractivity contribution in [2.45, 2.75) is 45.8 Å². The molecule has 0 fully saturated rings. The van der Waals surface area contributed by atoms with Crippen LogP contribution >= 0.6 is 0 Å². The fraction of sp³-hybridized carbons (Fsp3) is 0.636. The summed E-state index contributed by atoms with van der Waals surface area (Å²) in [5.74, 6) is 0.486. The lowest BCUT2D eigenvalue weighted by atomic mass is 10.1. The number of nitrogens with one attached hydrogen (secondary N) is 1. The molecule has 0 radical (unpaired) electrons. The summed E-state index contributed by atoms with van der Waals surface area (Å²) in [6, 6.07) is 0.129. The largest absolute Gasteiger partial charge is 0.370 e. The Labute approximate surface area is 96.8 Å². The van der Waals surface area contributed by atoms with E-state index in [1.807, 2.05) is 17.7 Å². The van der Waals surface area contributed by atoms with Crippen LogP contribution in [-0.2, 0) is 6.54 Å². The van der Waals surface area contributed by atoms with E-state index in [1.54, 1.807) is 12.5 Å². The number of nitrogens with zero attached hydrogens (tertiary/aromatic N) is 3. The van der Waals surface area contributed by atoms with Crippen molar-refractivity contribution in [2.24, 2.45) is 10.7 Å². The molecule has 1 heterocycles. The Morgan fingerprint density at radius 1 is 1.56 bits per heavy atom. The number of imidazole rings is 1. The van der Waals surface area contributed by atoms with Gasteiger partial charge in [-0.3, -0.25) is 0 Å². The highest BCUT2D eigenvalue weighted by molar-refractivity contribution is 5.78. The first kappa shape index (κ1) is 12.5. The third-order valence-corrected chi connectivity index (χ3v) is 1.90. The second-order valence-electron chi connectivity index (χ2n) is 5.00. The summed E-state index contributed by atoms with van der Waals surface area (Å²) in [4.78, 5) is 8.35. The zero-order valence-electron chi connectivity index (χ0n) is 10.4. The molecule has 0 aromatic carbocycles. The summed E-state index contributed by atoms with van der Waals surface area (Å²) in [6.45, 7) is 8.96. The molecule has 0 aliphatic rings. The highest BCUT2D eigenvalue weighted by Gasteiger charge is 2.10. The molecule has 0 aliphatic heterocycles. The molecule has 1 aromatic rings. The van der Waals surface area contributed by atoms with Gasteiger partial charge < -0.3 is 15.6 Å². The number of hydrogen-bond acceptors (Lipinski definition) is 2. The van der Waals surface area contributed by atoms with Crippen molar-refractivity contribution in [3.05, 3.63) is 18.7 Å². The SMILES string of the molecule is CC(Cn1ccnc1)N=C(N)NC(C)(C)C. The van der Waals surface area contributed by atoms with Crippen LogP contribution in [-0.4, -0.2) is 27.1 Å². The smallest absolute Gasteiger partial charge is 0.189 e. The van der Waals surface area contributed by atoms with Gasteiger partial charge in [0.05, 0.1) is 12.4 Å². The van der Waals surface area contributed by atoms with Gasteiger partial charge in [-0.15, -0.1) is 0 Å². The van der Waals surface area contributed by atoms with Gasteiger partial charge in [0.2, 0.25) is 0 Å². The maximum absolute atomic E-state index is 5.80. The van der Waals surface area contributed by atoms with E-state index in [0.717, 1.165) is 6.54 Å². The molecule has 90 valence electrons. The van der Waals surface area contributed by atoms with E-state index in [9.17, 15) is 0 Å². The number of rotatable bonds is 3. The fourth-order valence-corrected chi connectivity index (χ4v) is 1.39. The molecule has 1 rings (SSSR count). The average Bonchev–Trinajstić information content (AvgIpc) is 2.51. The van der Waals surface area contributed by atoms with Gasteiger partial charge in [-0.2, -0.15) is 0 Å². The first-order chi connectivity index (χ1) is 7.37. The molecule has 0 spiro atoms. The molecule has 0 saturated carbocycles. The topological polar surface area (TPSA) is 68.2 Å². The van der Waals surface area contributed by atoms with E-state index < -0.39 is 0 Å². The standard InChI is InChI=1S/C11H21N5/c1-9(7-16-6-5-13-8-16)14-10(12)15-11(2,3)4/h5-6,8-9H,7H2,1-4H3,(H3,12,14,15). The third kappa shape index (κ3) is 4.82. The maximum atomic E-state index is 5.80. The second kappa shape index (κ2) is 5.01. The van der Waals surface area contributed by atoms with E-state index in [-0.39, 0.29) is 11.6 Å². The van der Waals surface area contributed by atoms with Crippen molar-refractivity contribution in [3.63, 3.8) is 0 Å². The predicted octanol–water partition coefficient (Wildman–Crippen LogP) is 0.974. The van der Waals surface area contributed by atoms with Gasteiger partial charge in [0, 0.05) is 24.5 Å². The van der Waals surface area contributed by atoms with Crippen LogP contribution in [0.5, 0.6) is 0 Å². The van der Waals surface area contributed by atoms with Gasteiger partial charge in [-0.05, 0) is 27.7 Å². The molecular weight excluding hydrogens is 202 g/mol. The summed E-state index contributed by atoms with van der Waals surface area (Å²) in [5, 5.41) is 3.13. The molecule has 1 aromatic heterocycles. The second-order valence-corrected chi connectivity index (χ2v) is 5.00. The molecule has 16 heavy (non-hydrogen) atoms. The highest BCUT2D eigenvalue weighted by Crippen LogP contribution is 1.99. The van der Waals surface area contributed by atoms with E-state index in [1.165, 1.54) is 0 Å². The molecule has 0 bridgehead atoms. The first-order valence-electron chi connectivity index (χ1n) is 5.44. The summed E-state index contributed by atoms with van der Waals surface area (Å²) in [7, 11) is 0. The lowest BCUT2D eigenvalue weighted by Gasteiger charge is -2.21. The lowest BCUT2D eigenvalue weighted by molar-refractivity contribution is 0.503. The van der Waals surface area contributed by atoms with Crippen LogP contribution in [0.3, 0.4) is 0 Å². The molecule has 0 aliphatic carbocycles. The number of guanidine groups is 1. The van der Waals surface area contributed by atoms with Crippen molar-refractivity contribution >= 4 is 5.96 Å². The van der Waals surface area contributed by atoms with Crippen LogP contribution in [0.25, 0.3) is 0 Å². The van der Waals surface area contributed by atoms with Gasteiger partial charge in [0.15, 0.2) is 5.96 Å². The van der Waals surface area contributed by atoms with Crippen LogP contribution in [0.4, 0.5) is 0 Å². The summed E-state index contributed by atoms with van der Waals surface area (Å²) < 4.78 is 1.98. The summed E-state index contributed by atoms with van der Waals surface area (Å²) in [6.07, 6.45) is 5.45. The molecule has 0 saturated heterocycles. The zero-order chi connectivity index (χ0) is 12.2. The first-order valence-corrected chi connectivity index (χ1v) is 5.44. The molecular formula is C11H21N5. The average molecular weight is 223 g/mol. The normalized spacial score (nSPS) is 14.9. The van der Waals surface area contributed by atoms with E-state index >= 15 is 0 Å². The minimum Gasteiger partial charge on any atom is -0.370 e. The number of aliphatic imine (C=N–C) groups is 1. The van der Waals surface area contributed by atoms with Crippen molar-refractivity contribution < 1.29 is 0 Å². The molecule has 0 amide bonds. The highest BCUT2D eigenvalue weighted by atomic mass is 15.1. The van der Waals surface area contributed by atoms with Gasteiger partial charge in [-0.25, -0.2) is 9.98 Å². The number of aromatic nitrogens is 2. The van der Waals surface area contributed by atoms with Crippen LogP contribution in [0.2, 0.25) is 0 Å². The van der Waals surface area contributed by atoms with E-state index in [0.29, 0.717) is 5.96 Å². The van der Waals surface area contributed by atoms with Gasteiger partial charge in [-0.1, -0.05) is 0 Å². The Morgan fingerprint density at radius 2 is 2.25 bits per heavy atom. The number of nitrogens with two attached hydrogens (primary N) is 1. The zero-order valence-corrected chi connectivity index (χ0v) is 10.4. The molecule has 5 heteroatoms. The Bertz CT molecular complexity index is 334.